The molecule has 1 heterocycles. The molecule has 1 N–H and O–H groups in total. The van der Waals surface area contributed by atoms with E-state index in [2.05, 4.69) is 20.9 Å². The van der Waals surface area contributed by atoms with Gasteiger partial charge in [0.2, 0.25) is 5.88 Å². The van der Waals surface area contributed by atoms with E-state index in [1.54, 1.807) is 12.1 Å². The van der Waals surface area contributed by atoms with Gasteiger partial charge in [0.25, 0.3) is 0 Å². The van der Waals surface area contributed by atoms with Gasteiger partial charge in [-0.2, -0.15) is 0 Å². The molecule has 0 aromatic carbocycles. The quantitative estimate of drug-likeness (QED) is 0.842. The zero-order chi connectivity index (χ0) is 10.6. The Morgan fingerprint density at radius 3 is 2.93 bits per heavy atom. The topological polar surface area (TPSA) is 59.4 Å². The number of hydrogen-bond donors (Lipinski definition) is 1. The highest BCUT2D eigenvalue weighted by Crippen LogP contribution is 2.22. The number of aliphatic carboxylic acids is 1. The number of nitrogens with zero attached hydrogens (tertiary/aromatic N) is 1. The van der Waals surface area contributed by atoms with Gasteiger partial charge in [-0.05, 0) is 34.1 Å². The average Bonchev–Trinajstić information content (AvgIpc) is 2.16. The molecule has 0 aliphatic heterocycles. The number of halogens is 1. The maximum Gasteiger partial charge on any atom is 0.328 e. The average molecular weight is 258 g/mol. The summed E-state index contributed by atoms with van der Waals surface area (Å²) < 4.78 is 5.68. The first kappa shape index (κ1) is 10.7. The number of hydrogen-bond acceptors (Lipinski definition) is 3. The largest absolute Gasteiger partial charge is 0.480 e. The highest BCUT2D eigenvalue weighted by molar-refractivity contribution is 9.10. The van der Waals surface area contributed by atoms with Gasteiger partial charge < -0.3 is 9.84 Å². The Labute approximate surface area is 89.4 Å². The van der Waals surface area contributed by atoms with E-state index in [0.717, 1.165) is 10.5 Å². The number of rotatable bonds is 3. The monoisotopic (exact) mass is 257 g/mol. The lowest BCUT2D eigenvalue weighted by Gasteiger charge is -2.01. The smallest absolute Gasteiger partial charge is 0.328 e. The van der Waals surface area contributed by atoms with Crippen molar-refractivity contribution in [2.75, 3.05) is 7.11 Å². The van der Waals surface area contributed by atoms with E-state index in [1.165, 1.54) is 13.2 Å². The molecule has 0 saturated heterocycles. The van der Waals surface area contributed by atoms with Gasteiger partial charge in [-0.3, -0.25) is 0 Å². The highest BCUT2D eigenvalue weighted by atomic mass is 79.9. The summed E-state index contributed by atoms with van der Waals surface area (Å²) in [6.07, 6.45) is 2.42. The standard InChI is InChI=1S/C9H8BrNO3/c1-14-9-7(10)4-2-6(11-9)3-5-8(12)13/h2-5H,1H3,(H,12,13). The number of carbonyl (C=O) groups is 1. The van der Waals surface area contributed by atoms with Crippen molar-refractivity contribution in [3.63, 3.8) is 0 Å². The van der Waals surface area contributed by atoms with E-state index in [1.807, 2.05) is 0 Å². The Morgan fingerprint density at radius 2 is 2.36 bits per heavy atom. The molecule has 74 valence electrons. The normalized spacial score (nSPS) is 10.4. The fourth-order valence-electron chi connectivity index (χ4n) is 0.830. The van der Waals surface area contributed by atoms with Crippen LogP contribution in [0.1, 0.15) is 5.69 Å². The molecule has 0 saturated carbocycles. The van der Waals surface area contributed by atoms with E-state index in [-0.39, 0.29) is 0 Å². The first-order valence-corrected chi connectivity index (χ1v) is 4.54. The Kier molecular flexibility index (Phi) is 3.64. The van der Waals surface area contributed by atoms with Gasteiger partial charge in [0.1, 0.15) is 0 Å². The Morgan fingerprint density at radius 1 is 1.64 bits per heavy atom. The van der Waals surface area contributed by atoms with Crippen LogP contribution in [-0.4, -0.2) is 23.2 Å². The van der Waals surface area contributed by atoms with Crippen molar-refractivity contribution in [2.45, 2.75) is 0 Å². The molecule has 1 aromatic heterocycles. The summed E-state index contributed by atoms with van der Waals surface area (Å²) in [7, 11) is 1.50. The van der Waals surface area contributed by atoms with Crippen LogP contribution in [-0.2, 0) is 4.79 Å². The molecule has 1 rings (SSSR count). The van der Waals surface area contributed by atoms with E-state index in [9.17, 15) is 4.79 Å². The zero-order valence-corrected chi connectivity index (χ0v) is 8.98. The van der Waals surface area contributed by atoms with Crippen molar-refractivity contribution in [1.82, 2.24) is 4.98 Å². The summed E-state index contributed by atoms with van der Waals surface area (Å²) in [6.45, 7) is 0. The molecule has 0 unspecified atom stereocenters. The molecule has 0 bridgehead atoms. The first-order chi connectivity index (χ1) is 6.63. The predicted molar refractivity (Wildman–Crippen MR) is 55.2 cm³/mol. The van der Waals surface area contributed by atoms with Gasteiger partial charge in [-0.15, -0.1) is 0 Å². The third-order valence-electron chi connectivity index (χ3n) is 1.43. The molecule has 0 aliphatic rings. The zero-order valence-electron chi connectivity index (χ0n) is 7.40. The van der Waals surface area contributed by atoms with E-state index in [0.29, 0.717) is 11.6 Å². The first-order valence-electron chi connectivity index (χ1n) is 3.75. The molecular formula is C9H8BrNO3. The van der Waals surface area contributed by atoms with Crippen LogP contribution in [0.5, 0.6) is 5.88 Å². The third-order valence-corrected chi connectivity index (χ3v) is 2.03. The molecule has 0 amide bonds. The fraction of sp³-hybridized carbons (Fsp3) is 0.111. The molecule has 0 atom stereocenters. The van der Waals surface area contributed by atoms with Gasteiger partial charge in [0, 0.05) is 6.08 Å². The summed E-state index contributed by atoms with van der Waals surface area (Å²) in [4.78, 5) is 14.3. The maximum absolute atomic E-state index is 10.2. The molecule has 4 nitrogen and oxygen atoms in total. The van der Waals surface area contributed by atoms with E-state index < -0.39 is 5.97 Å². The second-order valence-electron chi connectivity index (χ2n) is 2.40. The molecule has 5 heteroatoms. The minimum absolute atomic E-state index is 0.428. The molecule has 0 spiro atoms. The number of carboxylic acid groups (broad SMARTS) is 1. The van der Waals surface area contributed by atoms with E-state index >= 15 is 0 Å². The molecule has 0 fully saturated rings. The second kappa shape index (κ2) is 4.76. The van der Waals surface area contributed by atoms with Crippen LogP contribution in [0.2, 0.25) is 0 Å². The minimum Gasteiger partial charge on any atom is -0.480 e. The van der Waals surface area contributed by atoms with Gasteiger partial charge in [-0.25, -0.2) is 9.78 Å². The maximum atomic E-state index is 10.2. The minimum atomic E-state index is -1.01. The van der Waals surface area contributed by atoms with Crippen LogP contribution in [0.15, 0.2) is 22.7 Å². The van der Waals surface area contributed by atoms with Gasteiger partial charge in [0.15, 0.2) is 0 Å². The van der Waals surface area contributed by atoms with Crippen molar-refractivity contribution in [1.29, 1.82) is 0 Å². The third kappa shape index (κ3) is 2.85. The summed E-state index contributed by atoms with van der Waals surface area (Å²) >= 11 is 3.24. The summed E-state index contributed by atoms with van der Waals surface area (Å²) in [5.74, 6) is -0.578. The van der Waals surface area contributed by atoms with Crippen molar-refractivity contribution in [3.05, 3.63) is 28.4 Å². The van der Waals surface area contributed by atoms with Gasteiger partial charge >= 0.3 is 5.97 Å². The van der Waals surface area contributed by atoms with Crippen LogP contribution in [0.3, 0.4) is 0 Å². The van der Waals surface area contributed by atoms with Crippen LogP contribution in [0.4, 0.5) is 0 Å². The van der Waals surface area contributed by atoms with Crippen molar-refractivity contribution in [3.8, 4) is 5.88 Å². The number of carboxylic acids is 1. The number of methoxy groups -OCH3 is 1. The Hall–Kier alpha value is -1.36. The summed E-state index contributed by atoms with van der Waals surface area (Å²) in [5.41, 5.74) is 0.535. The Bertz CT molecular complexity index is 376. The van der Waals surface area contributed by atoms with Crippen molar-refractivity contribution in [2.24, 2.45) is 0 Å². The number of ether oxygens (including phenoxy) is 1. The molecule has 0 radical (unpaired) electrons. The summed E-state index contributed by atoms with van der Waals surface area (Å²) in [6, 6.07) is 3.43. The van der Waals surface area contributed by atoms with E-state index in [4.69, 9.17) is 9.84 Å². The fourth-order valence-corrected chi connectivity index (χ4v) is 1.21. The lowest BCUT2D eigenvalue weighted by molar-refractivity contribution is -0.131. The summed E-state index contributed by atoms with van der Waals surface area (Å²) in [5, 5.41) is 8.40. The number of aromatic nitrogens is 1. The molecule has 14 heavy (non-hydrogen) atoms. The van der Waals surface area contributed by atoms with Crippen LogP contribution >= 0.6 is 15.9 Å². The second-order valence-corrected chi connectivity index (χ2v) is 3.25. The predicted octanol–water partition coefficient (Wildman–Crippen LogP) is 1.95. The SMILES string of the molecule is COc1nc(C=CC(=O)O)ccc1Br. The van der Waals surface area contributed by atoms with Gasteiger partial charge in [-0.1, -0.05) is 0 Å². The van der Waals surface area contributed by atoms with Crippen molar-refractivity contribution >= 4 is 28.0 Å². The molecular weight excluding hydrogens is 250 g/mol. The lowest BCUT2D eigenvalue weighted by atomic mass is 10.3. The van der Waals surface area contributed by atoms with Gasteiger partial charge in [0.05, 0.1) is 17.3 Å². The van der Waals surface area contributed by atoms with Crippen molar-refractivity contribution < 1.29 is 14.6 Å². The van der Waals surface area contributed by atoms with Crippen LogP contribution in [0.25, 0.3) is 6.08 Å². The highest BCUT2D eigenvalue weighted by Gasteiger charge is 2.01. The van der Waals surface area contributed by atoms with Crippen LogP contribution in [0, 0.1) is 0 Å². The molecule has 0 aliphatic carbocycles. The molecule has 1 aromatic rings. The van der Waals surface area contributed by atoms with Crippen LogP contribution < -0.4 is 4.74 Å². The number of pyridine rings is 1. The Balaban J connectivity index is 2.95. The lowest BCUT2D eigenvalue weighted by Crippen LogP contribution is -1.91.